The first-order chi connectivity index (χ1) is 9.61. The maximum atomic E-state index is 6.36. The molecular formula is C16H21BrCl2O. The molecular weight excluding hydrogens is 359 g/mol. The zero-order chi connectivity index (χ0) is 14.5. The number of rotatable bonds is 6. The molecule has 112 valence electrons. The Hall–Kier alpha value is 0.0800. The molecule has 0 saturated heterocycles. The van der Waals surface area contributed by atoms with Gasteiger partial charge in [0.25, 0.3) is 0 Å². The molecule has 1 aromatic rings. The molecule has 0 N–H and O–H groups in total. The molecule has 1 aliphatic rings. The highest BCUT2D eigenvalue weighted by Crippen LogP contribution is 2.40. The predicted octanol–water partition coefficient (Wildman–Crippen LogP) is 6.80. The number of hydrogen-bond donors (Lipinski definition) is 0. The summed E-state index contributed by atoms with van der Waals surface area (Å²) in [6, 6.07) is 3.76. The van der Waals surface area contributed by atoms with Gasteiger partial charge < -0.3 is 4.74 Å². The van der Waals surface area contributed by atoms with E-state index in [0.29, 0.717) is 17.4 Å². The molecule has 1 saturated carbocycles. The van der Waals surface area contributed by atoms with Gasteiger partial charge in [0.1, 0.15) is 5.75 Å². The summed E-state index contributed by atoms with van der Waals surface area (Å²) in [5.74, 6) is 1.56. The zero-order valence-electron chi connectivity index (χ0n) is 11.8. The van der Waals surface area contributed by atoms with Crippen LogP contribution in [-0.4, -0.2) is 6.61 Å². The first-order valence-corrected chi connectivity index (χ1v) is 9.04. The fourth-order valence-corrected chi connectivity index (χ4v) is 4.17. The highest BCUT2D eigenvalue weighted by molar-refractivity contribution is 9.09. The van der Waals surface area contributed by atoms with Crippen molar-refractivity contribution in [2.75, 3.05) is 6.61 Å². The minimum Gasteiger partial charge on any atom is -0.492 e. The molecule has 0 spiro atoms. The molecule has 20 heavy (non-hydrogen) atoms. The lowest BCUT2D eigenvalue weighted by Crippen LogP contribution is -1.99. The van der Waals surface area contributed by atoms with Gasteiger partial charge >= 0.3 is 0 Å². The van der Waals surface area contributed by atoms with E-state index in [0.717, 1.165) is 22.9 Å². The van der Waals surface area contributed by atoms with Gasteiger partial charge in [-0.1, -0.05) is 64.8 Å². The fourth-order valence-electron chi connectivity index (χ4n) is 2.89. The summed E-state index contributed by atoms with van der Waals surface area (Å²) in [7, 11) is 0. The van der Waals surface area contributed by atoms with Gasteiger partial charge in [0.05, 0.1) is 11.6 Å². The second-order valence-electron chi connectivity index (χ2n) is 5.43. The van der Waals surface area contributed by atoms with Crippen LogP contribution in [0.3, 0.4) is 0 Å². The van der Waals surface area contributed by atoms with E-state index in [2.05, 4.69) is 15.9 Å². The quantitative estimate of drug-likeness (QED) is 0.494. The Kier molecular flexibility index (Phi) is 6.51. The van der Waals surface area contributed by atoms with E-state index in [9.17, 15) is 0 Å². The van der Waals surface area contributed by atoms with Crippen LogP contribution in [0.4, 0.5) is 0 Å². The predicted molar refractivity (Wildman–Crippen MR) is 90.5 cm³/mol. The summed E-state index contributed by atoms with van der Waals surface area (Å²) in [6.45, 7) is 2.53. The van der Waals surface area contributed by atoms with Gasteiger partial charge in [0.15, 0.2) is 0 Å². The maximum Gasteiger partial charge on any atom is 0.139 e. The standard InChI is InChI=1S/C16H21BrCl2O/c1-2-20-16-10-14(18)12(9-15(16)19)13(17)8-7-11-5-3-4-6-11/h9-11,13H,2-8H2,1H3. The Morgan fingerprint density at radius 2 is 1.95 bits per heavy atom. The molecule has 1 fully saturated rings. The lowest BCUT2D eigenvalue weighted by Gasteiger charge is -2.16. The second-order valence-corrected chi connectivity index (χ2v) is 7.35. The van der Waals surface area contributed by atoms with Gasteiger partial charge in [0, 0.05) is 15.9 Å². The lowest BCUT2D eigenvalue weighted by molar-refractivity contribution is 0.340. The first-order valence-electron chi connectivity index (χ1n) is 7.37. The molecule has 0 radical (unpaired) electrons. The number of hydrogen-bond acceptors (Lipinski definition) is 1. The molecule has 1 nitrogen and oxygen atoms in total. The Bertz CT molecular complexity index is 444. The van der Waals surface area contributed by atoms with Crippen LogP contribution in [0.5, 0.6) is 5.75 Å². The summed E-state index contributed by atoms with van der Waals surface area (Å²) in [4.78, 5) is 0.267. The molecule has 0 aromatic heterocycles. The Balaban J connectivity index is 2.01. The van der Waals surface area contributed by atoms with Crippen molar-refractivity contribution in [1.82, 2.24) is 0 Å². The van der Waals surface area contributed by atoms with Gasteiger partial charge in [-0.25, -0.2) is 0 Å². The molecule has 2 rings (SSSR count). The maximum absolute atomic E-state index is 6.36. The van der Waals surface area contributed by atoms with Crippen molar-refractivity contribution in [1.29, 1.82) is 0 Å². The number of halogens is 3. The zero-order valence-corrected chi connectivity index (χ0v) is 14.9. The van der Waals surface area contributed by atoms with Crippen LogP contribution in [0.15, 0.2) is 12.1 Å². The molecule has 1 atom stereocenters. The van der Waals surface area contributed by atoms with Gasteiger partial charge in [-0.3, -0.25) is 0 Å². The third-order valence-electron chi connectivity index (χ3n) is 3.99. The highest BCUT2D eigenvalue weighted by atomic mass is 79.9. The minimum absolute atomic E-state index is 0.267. The number of ether oxygens (including phenoxy) is 1. The van der Waals surface area contributed by atoms with E-state index in [4.69, 9.17) is 27.9 Å². The summed E-state index contributed by atoms with van der Waals surface area (Å²) in [5.41, 5.74) is 1.07. The van der Waals surface area contributed by atoms with Crippen molar-refractivity contribution in [3.63, 3.8) is 0 Å². The van der Waals surface area contributed by atoms with Crippen LogP contribution in [0, 0.1) is 5.92 Å². The van der Waals surface area contributed by atoms with Crippen molar-refractivity contribution in [3.05, 3.63) is 27.7 Å². The molecule has 0 bridgehead atoms. The molecule has 1 aliphatic carbocycles. The van der Waals surface area contributed by atoms with Gasteiger partial charge in [-0.2, -0.15) is 0 Å². The van der Waals surface area contributed by atoms with Crippen molar-refractivity contribution in [2.45, 2.75) is 50.3 Å². The second kappa shape index (κ2) is 7.91. The van der Waals surface area contributed by atoms with Crippen molar-refractivity contribution in [3.8, 4) is 5.75 Å². The third kappa shape index (κ3) is 4.29. The monoisotopic (exact) mass is 378 g/mol. The minimum atomic E-state index is 0.267. The Morgan fingerprint density at radius 3 is 2.60 bits per heavy atom. The molecule has 0 aliphatic heterocycles. The number of alkyl halides is 1. The van der Waals surface area contributed by atoms with E-state index in [1.165, 1.54) is 32.1 Å². The average molecular weight is 380 g/mol. The largest absolute Gasteiger partial charge is 0.492 e. The third-order valence-corrected chi connectivity index (χ3v) is 5.57. The molecule has 1 unspecified atom stereocenters. The lowest BCUT2D eigenvalue weighted by atomic mass is 9.98. The van der Waals surface area contributed by atoms with Crippen LogP contribution >= 0.6 is 39.1 Å². The van der Waals surface area contributed by atoms with Gasteiger partial charge in [-0.15, -0.1) is 0 Å². The van der Waals surface area contributed by atoms with Crippen LogP contribution < -0.4 is 4.74 Å². The summed E-state index contributed by atoms with van der Waals surface area (Å²) < 4.78 is 5.46. The van der Waals surface area contributed by atoms with Gasteiger partial charge in [-0.05, 0) is 37.3 Å². The van der Waals surface area contributed by atoms with E-state index in [-0.39, 0.29) is 4.83 Å². The van der Waals surface area contributed by atoms with Crippen LogP contribution in [0.1, 0.15) is 55.8 Å². The van der Waals surface area contributed by atoms with E-state index < -0.39 is 0 Å². The van der Waals surface area contributed by atoms with Crippen molar-refractivity contribution < 1.29 is 4.74 Å². The van der Waals surface area contributed by atoms with Crippen LogP contribution in [-0.2, 0) is 0 Å². The first kappa shape index (κ1) is 16.5. The molecule has 4 heteroatoms. The Morgan fingerprint density at radius 1 is 1.25 bits per heavy atom. The van der Waals surface area contributed by atoms with E-state index >= 15 is 0 Å². The topological polar surface area (TPSA) is 9.23 Å². The van der Waals surface area contributed by atoms with Crippen LogP contribution in [0.25, 0.3) is 0 Å². The molecule has 1 aromatic carbocycles. The van der Waals surface area contributed by atoms with Crippen molar-refractivity contribution >= 4 is 39.1 Å². The summed E-state index contributed by atoms with van der Waals surface area (Å²) in [5, 5.41) is 1.36. The molecule has 0 heterocycles. The smallest absolute Gasteiger partial charge is 0.139 e. The average Bonchev–Trinajstić information content (AvgIpc) is 2.93. The fraction of sp³-hybridized carbons (Fsp3) is 0.625. The number of benzene rings is 1. The van der Waals surface area contributed by atoms with E-state index in [1.807, 2.05) is 19.1 Å². The summed E-state index contributed by atoms with van der Waals surface area (Å²) in [6.07, 6.45) is 7.93. The normalized spacial score (nSPS) is 17.4. The van der Waals surface area contributed by atoms with Crippen molar-refractivity contribution in [2.24, 2.45) is 5.92 Å². The van der Waals surface area contributed by atoms with Gasteiger partial charge in [0.2, 0.25) is 0 Å². The van der Waals surface area contributed by atoms with Crippen LogP contribution in [0.2, 0.25) is 10.0 Å². The molecule has 0 amide bonds. The SMILES string of the molecule is CCOc1cc(Cl)c(C(Br)CCC2CCCC2)cc1Cl. The van der Waals surface area contributed by atoms with E-state index in [1.54, 1.807) is 0 Å². The highest BCUT2D eigenvalue weighted by Gasteiger charge is 2.19. The Labute approximate surface area is 140 Å². The summed E-state index contributed by atoms with van der Waals surface area (Å²) >= 11 is 16.4.